The molecule has 1 aromatic rings. The van der Waals surface area contributed by atoms with Gasteiger partial charge >= 0.3 is 5.97 Å². The van der Waals surface area contributed by atoms with Gasteiger partial charge in [0.1, 0.15) is 4.60 Å². The first-order chi connectivity index (χ1) is 8.45. The monoisotopic (exact) mass is 320 g/mol. The van der Waals surface area contributed by atoms with Gasteiger partial charge in [0.05, 0.1) is 24.2 Å². The van der Waals surface area contributed by atoms with Crippen molar-refractivity contribution in [3.8, 4) is 0 Å². The van der Waals surface area contributed by atoms with Crippen LogP contribution in [0.1, 0.15) is 13.8 Å². The van der Waals surface area contributed by atoms with E-state index in [2.05, 4.69) is 31.0 Å². The molecule has 0 spiro atoms. The number of nitrogens with one attached hydrogen (secondary N) is 1. The van der Waals surface area contributed by atoms with Gasteiger partial charge in [0, 0.05) is 6.07 Å². The summed E-state index contributed by atoms with van der Waals surface area (Å²) in [5.74, 6) is -2.71. The van der Waals surface area contributed by atoms with Crippen LogP contribution in [0.25, 0.3) is 0 Å². The minimum atomic E-state index is -1.06. The standard InChI is InChI=1S/C11H11BrF2N2O2/c1-3-18-11(17)9(14)6(2)16-7-4-8(13)10(12)15-5-7/h4-5,16H,3H2,1-2H3/b9-6+. The zero-order valence-electron chi connectivity index (χ0n) is 9.76. The number of carbonyl (C=O) groups excluding carboxylic acids is 1. The third-order valence-corrected chi connectivity index (χ3v) is 2.50. The molecule has 1 N–H and O–H groups in total. The lowest BCUT2D eigenvalue weighted by atomic mass is 10.3. The normalized spacial score (nSPS) is 11.8. The van der Waals surface area contributed by atoms with Crippen molar-refractivity contribution < 1.29 is 18.3 Å². The zero-order valence-corrected chi connectivity index (χ0v) is 11.3. The fourth-order valence-electron chi connectivity index (χ4n) is 1.11. The summed E-state index contributed by atoms with van der Waals surface area (Å²) in [6, 6.07) is 1.12. The molecular formula is C11H11BrF2N2O2. The molecule has 0 aliphatic carbocycles. The third-order valence-electron chi connectivity index (χ3n) is 1.91. The van der Waals surface area contributed by atoms with Gasteiger partial charge in [-0.3, -0.25) is 0 Å². The number of hydrogen-bond acceptors (Lipinski definition) is 4. The van der Waals surface area contributed by atoms with Gasteiger partial charge in [0.2, 0.25) is 5.83 Å². The Balaban J connectivity index is 2.85. The van der Waals surface area contributed by atoms with Crippen molar-refractivity contribution in [1.29, 1.82) is 0 Å². The largest absolute Gasteiger partial charge is 0.461 e. The van der Waals surface area contributed by atoms with E-state index in [0.29, 0.717) is 0 Å². The van der Waals surface area contributed by atoms with Gasteiger partial charge in [-0.05, 0) is 29.8 Å². The number of ether oxygens (including phenoxy) is 1. The summed E-state index contributed by atoms with van der Waals surface area (Å²) in [7, 11) is 0. The predicted molar refractivity (Wildman–Crippen MR) is 66.0 cm³/mol. The van der Waals surface area contributed by atoms with Crippen molar-refractivity contribution in [2.45, 2.75) is 13.8 Å². The molecule has 1 aromatic heterocycles. The molecule has 0 saturated heterocycles. The average molecular weight is 321 g/mol. The van der Waals surface area contributed by atoms with Gasteiger partial charge in [-0.1, -0.05) is 0 Å². The molecule has 98 valence electrons. The molecule has 0 unspecified atom stereocenters. The van der Waals surface area contributed by atoms with Crippen molar-refractivity contribution in [2.75, 3.05) is 11.9 Å². The van der Waals surface area contributed by atoms with Gasteiger partial charge in [0.25, 0.3) is 0 Å². The summed E-state index contributed by atoms with van der Waals surface area (Å²) >= 11 is 2.89. The lowest BCUT2D eigenvalue weighted by Crippen LogP contribution is -2.09. The molecule has 0 amide bonds. The van der Waals surface area contributed by atoms with Crippen molar-refractivity contribution in [2.24, 2.45) is 0 Å². The molecule has 1 heterocycles. The van der Waals surface area contributed by atoms with Crippen LogP contribution in [0.5, 0.6) is 0 Å². The fourth-order valence-corrected chi connectivity index (χ4v) is 1.33. The van der Waals surface area contributed by atoms with Crippen LogP contribution in [0.2, 0.25) is 0 Å². The molecular weight excluding hydrogens is 310 g/mol. The highest BCUT2D eigenvalue weighted by Crippen LogP contribution is 2.18. The summed E-state index contributed by atoms with van der Waals surface area (Å²) in [4.78, 5) is 14.8. The van der Waals surface area contributed by atoms with E-state index in [-0.39, 0.29) is 22.6 Å². The minimum Gasteiger partial charge on any atom is -0.461 e. The van der Waals surface area contributed by atoms with E-state index in [4.69, 9.17) is 0 Å². The van der Waals surface area contributed by atoms with Crippen LogP contribution in [0.4, 0.5) is 14.5 Å². The fraction of sp³-hybridized carbons (Fsp3) is 0.273. The van der Waals surface area contributed by atoms with Crippen LogP contribution in [0.15, 0.2) is 28.4 Å². The van der Waals surface area contributed by atoms with Crippen molar-refractivity contribution in [3.05, 3.63) is 34.2 Å². The Morgan fingerprint density at radius 3 is 2.83 bits per heavy atom. The summed E-state index contributed by atoms with van der Waals surface area (Å²) in [5.41, 5.74) is 0.157. The SMILES string of the molecule is CCOC(=O)/C(F)=C(/C)Nc1cnc(Br)c(F)c1. The van der Waals surface area contributed by atoms with Gasteiger partial charge in [-0.25, -0.2) is 14.2 Å². The molecule has 0 radical (unpaired) electrons. The molecule has 0 saturated carbocycles. The highest BCUT2D eigenvalue weighted by atomic mass is 79.9. The summed E-state index contributed by atoms with van der Waals surface area (Å²) in [5, 5.41) is 2.53. The van der Waals surface area contributed by atoms with E-state index in [1.54, 1.807) is 6.92 Å². The quantitative estimate of drug-likeness (QED) is 0.526. The van der Waals surface area contributed by atoms with Crippen LogP contribution >= 0.6 is 15.9 Å². The molecule has 7 heteroatoms. The topological polar surface area (TPSA) is 51.2 Å². The number of nitrogens with zero attached hydrogens (tertiary/aromatic N) is 1. The highest BCUT2D eigenvalue weighted by Gasteiger charge is 2.14. The number of aromatic nitrogens is 1. The molecule has 18 heavy (non-hydrogen) atoms. The molecule has 0 fully saturated rings. The van der Waals surface area contributed by atoms with Crippen molar-refractivity contribution in [1.82, 2.24) is 4.98 Å². The Morgan fingerprint density at radius 1 is 1.61 bits per heavy atom. The molecule has 0 bridgehead atoms. The molecule has 4 nitrogen and oxygen atoms in total. The van der Waals surface area contributed by atoms with E-state index in [0.717, 1.165) is 6.07 Å². The van der Waals surface area contributed by atoms with Gasteiger partial charge in [-0.15, -0.1) is 0 Å². The van der Waals surface area contributed by atoms with E-state index in [1.165, 1.54) is 13.1 Å². The van der Waals surface area contributed by atoms with E-state index < -0.39 is 17.6 Å². The Labute approximate surface area is 111 Å². The minimum absolute atomic E-state index is 0.0561. The van der Waals surface area contributed by atoms with E-state index in [1.807, 2.05) is 0 Å². The third kappa shape index (κ3) is 3.76. The number of hydrogen-bond donors (Lipinski definition) is 1. The number of pyridine rings is 1. The van der Waals surface area contributed by atoms with Crippen LogP contribution in [-0.2, 0) is 9.53 Å². The Kier molecular flexibility index (Phi) is 5.21. The second-order valence-corrected chi connectivity index (χ2v) is 4.03. The number of rotatable bonds is 4. The van der Waals surface area contributed by atoms with Gasteiger partial charge in [-0.2, -0.15) is 4.39 Å². The molecule has 1 rings (SSSR count). The number of carbonyl (C=O) groups is 1. The number of halogens is 3. The lowest BCUT2D eigenvalue weighted by molar-refractivity contribution is -0.140. The van der Waals surface area contributed by atoms with Crippen LogP contribution in [0, 0.1) is 5.82 Å². The van der Waals surface area contributed by atoms with E-state index >= 15 is 0 Å². The maximum atomic E-state index is 13.5. The smallest absolute Gasteiger partial charge is 0.369 e. The Hall–Kier alpha value is -1.50. The summed E-state index contributed by atoms with van der Waals surface area (Å²) in [6.07, 6.45) is 1.30. The van der Waals surface area contributed by atoms with Gasteiger partial charge < -0.3 is 10.1 Å². The zero-order chi connectivity index (χ0) is 13.7. The van der Waals surface area contributed by atoms with Crippen molar-refractivity contribution >= 4 is 27.6 Å². The molecule has 0 aliphatic heterocycles. The lowest BCUT2D eigenvalue weighted by Gasteiger charge is -2.08. The highest BCUT2D eigenvalue weighted by molar-refractivity contribution is 9.10. The van der Waals surface area contributed by atoms with E-state index in [9.17, 15) is 13.6 Å². The first kappa shape index (κ1) is 14.6. The second-order valence-electron chi connectivity index (χ2n) is 3.28. The summed E-state index contributed by atoms with van der Waals surface area (Å²) < 4.78 is 31.2. The number of allylic oxidation sites excluding steroid dienone is 1. The summed E-state index contributed by atoms with van der Waals surface area (Å²) in [6.45, 7) is 2.99. The number of esters is 1. The molecule has 0 aromatic carbocycles. The molecule has 0 aliphatic rings. The predicted octanol–water partition coefficient (Wildman–Crippen LogP) is 3.16. The number of anilines is 1. The first-order valence-corrected chi connectivity index (χ1v) is 5.86. The Bertz CT molecular complexity index is 492. The molecule has 0 atom stereocenters. The van der Waals surface area contributed by atoms with Crippen LogP contribution in [0.3, 0.4) is 0 Å². The van der Waals surface area contributed by atoms with Crippen LogP contribution < -0.4 is 5.32 Å². The average Bonchev–Trinajstić information content (AvgIpc) is 2.33. The van der Waals surface area contributed by atoms with Gasteiger partial charge in [0.15, 0.2) is 5.82 Å². The Morgan fingerprint density at radius 2 is 2.28 bits per heavy atom. The van der Waals surface area contributed by atoms with Crippen LogP contribution in [-0.4, -0.2) is 17.6 Å². The maximum Gasteiger partial charge on any atom is 0.369 e. The van der Waals surface area contributed by atoms with Crippen molar-refractivity contribution in [3.63, 3.8) is 0 Å². The second kappa shape index (κ2) is 6.44. The first-order valence-electron chi connectivity index (χ1n) is 5.07. The maximum absolute atomic E-state index is 13.5.